The molecule has 0 aliphatic carbocycles. The molecule has 5 nitrogen and oxygen atoms in total. The topological polar surface area (TPSA) is 61.4 Å². The third kappa shape index (κ3) is 6.31. The van der Waals surface area contributed by atoms with Crippen LogP contribution in [0.15, 0.2) is 54.6 Å². The molecule has 2 N–H and O–H groups in total. The molecule has 140 valence electrons. The van der Waals surface area contributed by atoms with E-state index in [1.807, 2.05) is 24.3 Å². The summed E-state index contributed by atoms with van der Waals surface area (Å²) in [6.45, 7) is 2.09. The highest BCUT2D eigenvalue weighted by Gasteiger charge is 2.12. The molecular formula is C19H25N3O2S2. The molecule has 2 rings (SSSR count). The molecular weight excluding hydrogens is 366 g/mol. The quantitative estimate of drug-likeness (QED) is 0.709. The number of anilines is 2. The minimum atomic E-state index is -3.30. The highest BCUT2D eigenvalue weighted by molar-refractivity contribution is 7.92. The fraction of sp³-hybridized carbons (Fsp3) is 0.316. The van der Waals surface area contributed by atoms with Gasteiger partial charge in [-0.3, -0.25) is 4.31 Å². The van der Waals surface area contributed by atoms with Crippen LogP contribution in [0.5, 0.6) is 0 Å². The Morgan fingerprint density at radius 2 is 1.85 bits per heavy atom. The van der Waals surface area contributed by atoms with Crippen LogP contribution in [-0.4, -0.2) is 32.9 Å². The molecule has 1 unspecified atom stereocenters. The SMILES string of the molecule is CC(CCc1ccccc1)NC(=S)Nc1cccc(N(C)S(C)(=O)=O)c1. The van der Waals surface area contributed by atoms with Gasteiger partial charge in [0.15, 0.2) is 5.11 Å². The van der Waals surface area contributed by atoms with Gasteiger partial charge in [-0.1, -0.05) is 36.4 Å². The zero-order chi connectivity index (χ0) is 19.2. The maximum atomic E-state index is 11.7. The lowest BCUT2D eigenvalue weighted by molar-refractivity contribution is 0.600. The Morgan fingerprint density at radius 3 is 2.50 bits per heavy atom. The van der Waals surface area contributed by atoms with E-state index in [0.29, 0.717) is 10.8 Å². The van der Waals surface area contributed by atoms with Crippen LogP contribution in [0.3, 0.4) is 0 Å². The van der Waals surface area contributed by atoms with Crippen molar-refractivity contribution in [2.45, 2.75) is 25.8 Å². The number of rotatable bonds is 7. The van der Waals surface area contributed by atoms with Crippen molar-refractivity contribution in [2.75, 3.05) is 22.9 Å². The average molecular weight is 392 g/mol. The van der Waals surface area contributed by atoms with Gasteiger partial charge in [0.1, 0.15) is 0 Å². The van der Waals surface area contributed by atoms with Crippen LogP contribution in [0.25, 0.3) is 0 Å². The third-order valence-electron chi connectivity index (χ3n) is 4.05. The summed E-state index contributed by atoms with van der Waals surface area (Å²) in [6, 6.07) is 17.7. The van der Waals surface area contributed by atoms with Crippen molar-refractivity contribution in [3.63, 3.8) is 0 Å². The van der Waals surface area contributed by atoms with E-state index in [0.717, 1.165) is 18.5 Å². The predicted molar refractivity (Wildman–Crippen MR) is 113 cm³/mol. The Balaban J connectivity index is 1.89. The molecule has 1 atom stereocenters. The molecule has 0 bridgehead atoms. The number of hydrogen-bond acceptors (Lipinski definition) is 3. The molecule has 0 saturated heterocycles. The molecule has 0 radical (unpaired) electrons. The Kier molecular flexibility index (Phi) is 6.99. The first-order valence-corrected chi connectivity index (χ1v) is 10.7. The molecule has 2 aromatic carbocycles. The molecule has 26 heavy (non-hydrogen) atoms. The number of nitrogens with zero attached hydrogens (tertiary/aromatic N) is 1. The number of sulfonamides is 1. The Morgan fingerprint density at radius 1 is 1.15 bits per heavy atom. The third-order valence-corrected chi connectivity index (χ3v) is 5.48. The van der Waals surface area contributed by atoms with E-state index in [-0.39, 0.29) is 6.04 Å². The van der Waals surface area contributed by atoms with Crippen LogP contribution in [0.2, 0.25) is 0 Å². The zero-order valence-electron chi connectivity index (χ0n) is 15.3. The second-order valence-electron chi connectivity index (χ2n) is 6.30. The van der Waals surface area contributed by atoms with Gasteiger partial charge < -0.3 is 10.6 Å². The largest absolute Gasteiger partial charge is 0.360 e. The minimum Gasteiger partial charge on any atom is -0.360 e. The lowest BCUT2D eigenvalue weighted by atomic mass is 10.1. The minimum absolute atomic E-state index is 0.220. The van der Waals surface area contributed by atoms with E-state index in [1.54, 1.807) is 18.2 Å². The summed E-state index contributed by atoms with van der Waals surface area (Å²) in [7, 11) is -1.77. The number of thiocarbonyl (C=S) groups is 1. The lowest BCUT2D eigenvalue weighted by Gasteiger charge is -2.19. The highest BCUT2D eigenvalue weighted by Crippen LogP contribution is 2.20. The Bertz CT molecular complexity index is 839. The first-order chi connectivity index (χ1) is 12.3. The maximum Gasteiger partial charge on any atom is 0.231 e. The van der Waals surface area contributed by atoms with Crippen LogP contribution >= 0.6 is 12.2 Å². The molecule has 0 spiro atoms. The Hall–Kier alpha value is -2.12. The highest BCUT2D eigenvalue weighted by atomic mass is 32.2. The maximum absolute atomic E-state index is 11.7. The second kappa shape index (κ2) is 9.00. The summed E-state index contributed by atoms with van der Waals surface area (Å²) in [4.78, 5) is 0. The van der Waals surface area contributed by atoms with Crippen molar-refractivity contribution in [1.82, 2.24) is 5.32 Å². The van der Waals surface area contributed by atoms with Gasteiger partial charge in [0.05, 0.1) is 11.9 Å². The second-order valence-corrected chi connectivity index (χ2v) is 8.73. The Labute approximate surface area is 161 Å². The number of nitrogens with one attached hydrogen (secondary N) is 2. The zero-order valence-corrected chi connectivity index (χ0v) is 16.9. The van der Waals surface area contributed by atoms with Gasteiger partial charge in [-0.15, -0.1) is 0 Å². The summed E-state index contributed by atoms with van der Waals surface area (Å²) < 4.78 is 24.6. The molecule has 0 aliphatic rings. The fourth-order valence-corrected chi connectivity index (χ4v) is 3.28. The standard InChI is InChI=1S/C19H25N3O2S2/c1-15(12-13-16-8-5-4-6-9-16)20-19(25)21-17-10-7-11-18(14-17)22(2)26(3,23)24/h4-11,14-15H,12-13H2,1-3H3,(H2,20,21,25). The van der Waals surface area contributed by atoms with E-state index in [9.17, 15) is 8.42 Å². The van der Waals surface area contributed by atoms with Crippen molar-refractivity contribution in [2.24, 2.45) is 0 Å². The summed E-state index contributed by atoms with van der Waals surface area (Å²) in [5.41, 5.74) is 2.62. The van der Waals surface area contributed by atoms with Gasteiger partial charge in [-0.25, -0.2) is 8.42 Å². The molecule has 0 aromatic heterocycles. The molecule has 0 fully saturated rings. The van der Waals surface area contributed by atoms with Crippen molar-refractivity contribution >= 4 is 38.7 Å². The smallest absolute Gasteiger partial charge is 0.231 e. The van der Waals surface area contributed by atoms with Gasteiger partial charge >= 0.3 is 0 Å². The van der Waals surface area contributed by atoms with Crippen LogP contribution < -0.4 is 14.9 Å². The normalized spacial score (nSPS) is 12.3. The van der Waals surface area contributed by atoms with E-state index in [1.165, 1.54) is 23.2 Å². The summed E-state index contributed by atoms with van der Waals surface area (Å²) in [5.74, 6) is 0. The number of hydrogen-bond donors (Lipinski definition) is 2. The van der Waals surface area contributed by atoms with Gasteiger partial charge in [0.2, 0.25) is 10.0 Å². The lowest BCUT2D eigenvalue weighted by Crippen LogP contribution is -2.36. The van der Waals surface area contributed by atoms with Gasteiger partial charge in [0.25, 0.3) is 0 Å². The molecule has 7 heteroatoms. The molecule has 0 saturated carbocycles. The van der Waals surface area contributed by atoms with Crippen LogP contribution in [0.1, 0.15) is 18.9 Å². The van der Waals surface area contributed by atoms with Crippen molar-refractivity contribution in [1.29, 1.82) is 0 Å². The monoisotopic (exact) mass is 391 g/mol. The van der Waals surface area contributed by atoms with Gasteiger partial charge in [-0.05, 0) is 55.7 Å². The summed E-state index contributed by atoms with van der Waals surface area (Å²) in [6.07, 6.45) is 3.11. The molecule has 0 amide bonds. The number of aryl methyl sites for hydroxylation is 1. The van der Waals surface area contributed by atoms with Crippen molar-refractivity contribution < 1.29 is 8.42 Å². The van der Waals surface area contributed by atoms with Crippen molar-refractivity contribution in [3.8, 4) is 0 Å². The summed E-state index contributed by atoms with van der Waals surface area (Å²) in [5, 5.41) is 6.90. The van der Waals surface area contributed by atoms with Gasteiger partial charge in [0, 0.05) is 18.8 Å². The van der Waals surface area contributed by atoms with Crippen LogP contribution in [-0.2, 0) is 16.4 Å². The van der Waals surface area contributed by atoms with E-state index >= 15 is 0 Å². The predicted octanol–water partition coefficient (Wildman–Crippen LogP) is 3.39. The molecule has 0 aliphatic heterocycles. The van der Waals surface area contributed by atoms with Crippen molar-refractivity contribution in [3.05, 3.63) is 60.2 Å². The molecule has 0 heterocycles. The van der Waals surface area contributed by atoms with E-state index in [4.69, 9.17) is 12.2 Å². The van der Waals surface area contributed by atoms with Gasteiger partial charge in [-0.2, -0.15) is 0 Å². The first kappa shape index (κ1) is 20.2. The van der Waals surface area contributed by atoms with E-state index < -0.39 is 10.0 Å². The first-order valence-electron chi connectivity index (χ1n) is 8.41. The molecule has 2 aromatic rings. The van der Waals surface area contributed by atoms with E-state index in [2.05, 4.69) is 29.7 Å². The average Bonchev–Trinajstić information content (AvgIpc) is 2.59. The number of benzene rings is 2. The summed E-state index contributed by atoms with van der Waals surface area (Å²) >= 11 is 5.37. The van der Waals surface area contributed by atoms with Crippen LogP contribution in [0, 0.1) is 0 Å². The van der Waals surface area contributed by atoms with Crippen LogP contribution in [0.4, 0.5) is 11.4 Å². The fourth-order valence-electron chi connectivity index (χ4n) is 2.46.